The Morgan fingerprint density at radius 2 is 2.20 bits per heavy atom. The lowest BCUT2D eigenvalue weighted by Gasteiger charge is -2.28. The summed E-state index contributed by atoms with van der Waals surface area (Å²) in [4.78, 5) is 12.9. The fourth-order valence-corrected chi connectivity index (χ4v) is 2.50. The molecule has 1 aliphatic rings. The number of carboxylic acid groups (broad SMARTS) is 1. The van der Waals surface area contributed by atoms with Crippen LogP contribution in [0, 0.1) is 0 Å². The van der Waals surface area contributed by atoms with Gasteiger partial charge in [-0.05, 0) is 46.1 Å². The minimum atomic E-state index is -0.665. The van der Waals surface area contributed by atoms with Crippen LogP contribution in [0.2, 0.25) is 0 Å². The van der Waals surface area contributed by atoms with E-state index in [0.717, 1.165) is 12.8 Å². The van der Waals surface area contributed by atoms with Gasteiger partial charge in [0.05, 0.1) is 0 Å². The molecule has 1 rings (SSSR count). The van der Waals surface area contributed by atoms with Gasteiger partial charge in [-0.15, -0.1) is 0 Å². The summed E-state index contributed by atoms with van der Waals surface area (Å²) in [5, 5.41) is 8.54. The fraction of sp³-hybridized carbons (Fsp3) is 0.917. The van der Waals surface area contributed by atoms with E-state index in [4.69, 9.17) is 5.11 Å². The molecule has 1 fully saturated rings. The van der Waals surface area contributed by atoms with Gasteiger partial charge in [-0.3, -0.25) is 9.69 Å². The molecule has 0 spiro atoms. The lowest BCUT2D eigenvalue weighted by atomic mass is 10.1. The molecule has 15 heavy (non-hydrogen) atoms. The van der Waals surface area contributed by atoms with E-state index >= 15 is 0 Å². The normalized spacial score (nSPS) is 22.5. The van der Waals surface area contributed by atoms with Gasteiger partial charge < -0.3 is 5.11 Å². The first-order valence-electron chi connectivity index (χ1n) is 6.09. The summed E-state index contributed by atoms with van der Waals surface area (Å²) < 4.78 is 0. The summed E-state index contributed by atoms with van der Waals surface area (Å²) in [7, 11) is 0. The first kappa shape index (κ1) is 12.5. The largest absolute Gasteiger partial charge is 0.481 e. The van der Waals surface area contributed by atoms with Gasteiger partial charge in [0.2, 0.25) is 0 Å². The molecule has 1 heterocycles. The van der Waals surface area contributed by atoms with Crippen molar-refractivity contribution in [2.45, 2.75) is 64.5 Å². The zero-order valence-corrected chi connectivity index (χ0v) is 9.91. The quantitative estimate of drug-likeness (QED) is 0.689. The Bertz CT molecular complexity index is 204. The van der Waals surface area contributed by atoms with E-state index in [9.17, 15) is 4.79 Å². The van der Waals surface area contributed by atoms with E-state index in [1.54, 1.807) is 0 Å². The Labute approximate surface area is 92.5 Å². The van der Waals surface area contributed by atoms with Gasteiger partial charge in [-0.1, -0.05) is 6.42 Å². The molecule has 0 saturated carbocycles. The van der Waals surface area contributed by atoms with Crippen LogP contribution in [-0.2, 0) is 4.79 Å². The Hall–Kier alpha value is -0.570. The lowest BCUT2D eigenvalue weighted by Crippen LogP contribution is -2.35. The summed E-state index contributed by atoms with van der Waals surface area (Å²) in [6, 6.07) is 1.34. The fourth-order valence-electron chi connectivity index (χ4n) is 2.50. The molecule has 3 nitrogen and oxygen atoms in total. The summed E-state index contributed by atoms with van der Waals surface area (Å²) in [6.07, 6.45) is 5.99. The number of carboxylic acids is 1. The van der Waals surface area contributed by atoms with Gasteiger partial charge in [-0.25, -0.2) is 0 Å². The lowest BCUT2D eigenvalue weighted by molar-refractivity contribution is -0.137. The summed E-state index contributed by atoms with van der Waals surface area (Å²) in [6.45, 7) is 5.71. The van der Waals surface area contributed by atoms with E-state index in [0.29, 0.717) is 18.5 Å². The van der Waals surface area contributed by atoms with Crippen LogP contribution >= 0.6 is 0 Å². The van der Waals surface area contributed by atoms with Crippen molar-refractivity contribution in [3.8, 4) is 0 Å². The molecular weight excluding hydrogens is 190 g/mol. The van der Waals surface area contributed by atoms with Crippen LogP contribution in [0.5, 0.6) is 0 Å². The molecule has 1 saturated heterocycles. The first-order valence-corrected chi connectivity index (χ1v) is 6.09. The van der Waals surface area contributed by atoms with Crippen LogP contribution in [0.1, 0.15) is 52.4 Å². The SMILES string of the molecule is CC(C)N1CCCC1CCCCC(=O)O. The summed E-state index contributed by atoms with van der Waals surface area (Å²) in [5.74, 6) is -0.665. The number of aliphatic carboxylic acids is 1. The Balaban J connectivity index is 2.17. The Kier molecular flexibility index (Phi) is 5.09. The van der Waals surface area contributed by atoms with Crippen molar-refractivity contribution in [1.29, 1.82) is 0 Å². The maximum absolute atomic E-state index is 10.4. The van der Waals surface area contributed by atoms with Crippen molar-refractivity contribution in [1.82, 2.24) is 4.90 Å². The molecule has 0 aromatic carbocycles. The molecule has 0 bridgehead atoms. The van der Waals surface area contributed by atoms with Crippen LogP contribution in [0.25, 0.3) is 0 Å². The number of nitrogens with zero attached hydrogens (tertiary/aromatic N) is 1. The van der Waals surface area contributed by atoms with Crippen molar-refractivity contribution in [2.75, 3.05) is 6.54 Å². The van der Waals surface area contributed by atoms with E-state index in [-0.39, 0.29) is 0 Å². The highest BCUT2D eigenvalue weighted by Crippen LogP contribution is 2.24. The highest BCUT2D eigenvalue weighted by Gasteiger charge is 2.25. The second-order valence-corrected chi connectivity index (χ2v) is 4.77. The molecule has 0 aliphatic carbocycles. The predicted octanol–water partition coefficient (Wildman–Crippen LogP) is 2.50. The standard InChI is InChI=1S/C12H23NO2/c1-10(2)13-9-5-7-11(13)6-3-4-8-12(14)15/h10-11H,3-9H2,1-2H3,(H,14,15). The Morgan fingerprint density at radius 3 is 2.80 bits per heavy atom. The van der Waals surface area contributed by atoms with Gasteiger partial charge in [0, 0.05) is 18.5 Å². The van der Waals surface area contributed by atoms with Crippen LogP contribution in [-0.4, -0.2) is 34.6 Å². The number of rotatable bonds is 6. The number of hydrogen-bond donors (Lipinski definition) is 1. The number of carbonyl (C=O) groups is 1. The molecule has 88 valence electrons. The minimum absolute atomic E-state index is 0.328. The monoisotopic (exact) mass is 213 g/mol. The molecule has 0 radical (unpaired) electrons. The zero-order chi connectivity index (χ0) is 11.3. The zero-order valence-electron chi connectivity index (χ0n) is 9.91. The van der Waals surface area contributed by atoms with Crippen molar-refractivity contribution >= 4 is 5.97 Å². The highest BCUT2D eigenvalue weighted by molar-refractivity contribution is 5.66. The second kappa shape index (κ2) is 6.11. The van der Waals surface area contributed by atoms with Gasteiger partial charge in [0.1, 0.15) is 0 Å². The molecule has 0 aromatic rings. The maximum Gasteiger partial charge on any atom is 0.303 e. The van der Waals surface area contributed by atoms with Crippen molar-refractivity contribution in [3.05, 3.63) is 0 Å². The third-order valence-electron chi connectivity index (χ3n) is 3.26. The second-order valence-electron chi connectivity index (χ2n) is 4.77. The summed E-state index contributed by atoms with van der Waals surface area (Å²) >= 11 is 0. The summed E-state index contributed by atoms with van der Waals surface area (Å²) in [5.41, 5.74) is 0. The number of hydrogen-bond acceptors (Lipinski definition) is 2. The Morgan fingerprint density at radius 1 is 1.47 bits per heavy atom. The van der Waals surface area contributed by atoms with Crippen LogP contribution in [0.15, 0.2) is 0 Å². The van der Waals surface area contributed by atoms with E-state index in [1.807, 2.05) is 0 Å². The van der Waals surface area contributed by atoms with Crippen molar-refractivity contribution in [2.24, 2.45) is 0 Å². The van der Waals surface area contributed by atoms with E-state index in [1.165, 1.54) is 25.8 Å². The molecular formula is C12H23NO2. The van der Waals surface area contributed by atoms with Crippen molar-refractivity contribution in [3.63, 3.8) is 0 Å². The first-order chi connectivity index (χ1) is 7.11. The smallest absolute Gasteiger partial charge is 0.303 e. The van der Waals surface area contributed by atoms with Gasteiger partial charge >= 0.3 is 5.97 Å². The van der Waals surface area contributed by atoms with Crippen molar-refractivity contribution < 1.29 is 9.90 Å². The van der Waals surface area contributed by atoms with Gasteiger partial charge in [-0.2, -0.15) is 0 Å². The molecule has 1 aliphatic heterocycles. The highest BCUT2D eigenvalue weighted by atomic mass is 16.4. The third-order valence-corrected chi connectivity index (χ3v) is 3.26. The van der Waals surface area contributed by atoms with Crippen LogP contribution in [0.3, 0.4) is 0 Å². The molecule has 1 unspecified atom stereocenters. The number of unbranched alkanes of at least 4 members (excludes halogenated alkanes) is 1. The topological polar surface area (TPSA) is 40.5 Å². The average molecular weight is 213 g/mol. The average Bonchev–Trinajstić information content (AvgIpc) is 2.60. The van der Waals surface area contributed by atoms with E-state index in [2.05, 4.69) is 18.7 Å². The predicted molar refractivity (Wildman–Crippen MR) is 61.0 cm³/mol. The number of likely N-dealkylation sites (tertiary alicyclic amines) is 1. The van der Waals surface area contributed by atoms with E-state index < -0.39 is 5.97 Å². The third kappa shape index (κ3) is 4.20. The molecule has 1 N–H and O–H groups in total. The van der Waals surface area contributed by atoms with Crippen LogP contribution < -0.4 is 0 Å². The molecule has 1 atom stereocenters. The minimum Gasteiger partial charge on any atom is -0.481 e. The van der Waals surface area contributed by atoms with Gasteiger partial charge in [0.15, 0.2) is 0 Å². The molecule has 0 aromatic heterocycles. The van der Waals surface area contributed by atoms with Gasteiger partial charge in [0.25, 0.3) is 0 Å². The molecule has 0 amide bonds. The molecule has 3 heteroatoms. The van der Waals surface area contributed by atoms with Crippen LogP contribution in [0.4, 0.5) is 0 Å². The maximum atomic E-state index is 10.4.